The summed E-state index contributed by atoms with van der Waals surface area (Å²) in [6.45, 7) is 4.48. The lowest BCUT2D eigenvalue weighted by Gasteiger charge is -2.26. The van der Waals surface area contributed by atoms with E-state index in [4.69, 9.17) is 4.74 Å². The lowest BCUT2D eigenvalue weighted by molar-refractivity contribution is -0.115. The Balaban J connectivity index is 1.30. The maximum atomic E-state index is 12.4. The van der Waals surface area contributed by atoms with E-state index in [1.807, 2.05) is 42.5 Å². The van der Waals surface area contributed by atoms with Crippen LogP contribution in [-0.4, -0.2) is 37.1 Å². The zero-order valence-electron chi connectivity index (χ0n) is 16.5. The molecule has 0 aliphatic carbocycles. The Hall–Kier alpha value is -2.95. The van der Waals surface area contributed by atoms with Crippen LogP contribution in [0.3, 0.4) is 0 Å². The maximum Gasteiger partial charge on any atom is 0.228 e. The number of ether oxygens (including phenoxy) is 1. The second kappa shape index (κ2) is 9.50. The molecule has 1 aliphatic heterocycles. The Bertz CT molecular complexity index is 915. The third-order valence-electron chi connectivity index (χ3n) is 5.17. The third kappa shape index (κ3) is 5.53. The van der Waals surface area contributed by atoms with Crippen molar-refractivity contribution in [3.05, 3.63) is 90.0 Å². The second-order valence-corrected chi connectivity index (χ2v) is 7.37. The molecule has 0 unspecified atom stereocenters. The molecule has 0 spiro atoms. The number of nitrogens with zero attached hydrogens (tertiary/aromatic N) is 1. The SMILES string of the molecule is O=C(Cc1ccc(-c2ccccc2)cc1)Nc1ccc(CN2CCOCC2)cc1. The minimum absolute atomic E-state index is 0.00149. The van der Waals surface area contributed by atoms with Gasteiger partial charge < -0.3 is 10.1 Å². The summed E-state index contributed by atoms with van der Waals surface area (Å²) in [5, 5.41) is 3.00. The number of nitrogens with one attached hydrogen (secondary N) is 1. The zero-order valence-corrected chi connectivity index (χ0v) is 16.5. The first-order chi connectivity index (χ1) is 14.3. The number of anilines is 1. The summed E-state index contributed by atoms with van der Waals surface area (Å²) in [7, 11) is 0. The summed E-state index contributed by atoms with van der Waals surface area (Å²) in [5.74, 6) is -0.00149. The van der Waals surface area contributed by atoms with E-state index in [2.05, 4.69) is 46.6 Å². The van der Waals surface area contributed by atoms with Crippen LogP contribution < -0.4 is 5.32 Å². The van der Waals surface area contributed by atoms with Crippen molar-refractivity contribution in [3.63, 3.8) is 0 Å². The van der Waals surface area contributed by atoms with E-state index < -0.39 is 0 Å². The molecule has 0 atom stereocenters. The van der Waals surface area contributed by atoms with Crippen LogP contribution in [0.4, 0.5) is 5.69 Å². The van der Waals surface area contributed by atoms with Gasteiger partial charge in [0.1, 0.15) is 0 Å². The van der Waals surface area contributed by atoms with Gasteiger partial charge in [-0.15, -0.1) is 0 Å². The minimum Gasteiger partial charge on any atom is -0.379 e. The van der Waals surface area contributed by atoms with Crippen molar-refractivity contribution in [3.8, 4) is 11.1 Å². The highest BCUT2D eigenvalue weighted by Crippen LogP contribution is 2.20. The molecule has 0 bridgehead atoms. The van der Waals surface area contributed by atoms with Crippen LogP contribution >= 0.6 is 0 Å². The molecule has 1 heterocycles. The van der Waals surface area contributed by atoms with Crippen molar-refractivity contribution in [2.45, 2.75) is 13.0 Å². The van der Waals surface area contributed by atoms with Gasteiger partial charge in [-0.3, -0.25) is 9.69 Å². The number of hydrogen-bond acceptors (Lipinski definition) is 3. The Morgan fingerprint density at radius 2 is 1.41 bits per heavy atom. The standard InChI is InChI=1S/C25H26N2O2/c28-25(18-20-6-10-23(11-7-20)22-4-2-1-3-5-22)26-24-12-8-21(9-13-24)19-27-14-16-29-17-15-27/h1-13H,14-19H2,(H,26,28). The third-order valence-corrected chi connectivity index (χ3v) is 5.17. The summed E-state index contributed by atoms with van der Waals surface area (Å²) < 4.78 is 5.39. The van der Waals surface area contributed by atoms with Crippen molar-refractivity contribution in [2.24, 2.45) is 0 Å². The molecule has 3 aromatic carbocycles. The molecule has 29 heavy (non-hydrogen) atoms. The smallest absolute Gasteiger partial charge is 0.228 e. The number of amides is 1. The molecule has 1 amide bonds. The molecular formula is C25H26N2O2. The van der Waals surface area contributed by atoms with Crippen molar-refractivity contribution >= 4 is 11.6 Å². The number of carbonyl (C=O) groups excluding carboxylic acids is 1. The molecule has 4 heteroatoms. The van der Waals surface area contributed by atoms with Gasteiger partial charge in [0.25, 0.3) is 0 Å². The first kappa shape index (κ1) is 19.4. The highest BCUT2D eigenvalue weighted by atomic mass is 16.5. The van der Waals surface area contributed by atoms with Gasteiger partial charge in [0.05, 0.1) is 19.6 Å². The monoisotopic (exact) mass is 386 g/mol. The van der Waals surface area contributed by atoms with E-state index in [0.29, 0.717) is 6.42 Å². The Kier molecular flexibility index (Phi) is 6.35. The van der Waals surface area contributed by atoms with Crippen LogP contribution in [0.25, 0.3) is 11.1 Å². The van der Waals surface area contributed by atoms with Gasteiger partial charge >= 0.3 is 0 Å². The van der Waals surface area contributed by atoms with Crippen LogP contribution in [-0.2, 0) is 22.5 Å². The molecule has 3 aromatic rings. The molecule has 1 N–H and O–H groups in total. The van der Waals surface area contributed by atoms with Gasteiger partial charge in [0.15, 0.2) is 0 Å². The molecule has 4 nitrogen and oxygen atoms in total. The fourth-order valence-electron chi connectivity index (χ4n) is 3.55. The molecule has 1 fully saturated rings. The van der Waals surface area contributed by atoms with Crippen LogP contribution in [0.5, 0.6) is 0 Å². The first-order valence-electron chi connectivity index (χ1n) is 10.1. The van der Waals surface area contributed by atoms with Gasteiger partial charge in [-0.2, -0.15) is 0 Å². The van der Waals surface area contributed by atoms with Crippen molar-refractivity contribution < 1.29 is 9.53 Å². The number of hydrogen-bond donors (Lipinski definition) is 1. The highest BCUT2D eigenvalue weighted by Gasteiger charge is 2.11. The van der Waals surface area contributed by atoms with E-state index in [1.54, 1.807) is 0 Å². The quantitative estimate of drug-likeness (QED) is 0.684. The van der Waals surface area contributed by atoms with Crippen molar-refractivity contribution in [1.82, 2.24) is 4.90 Å². The molecule has 148 valence electrons. The molecule has 1 aliphatic rings. The predicted octanol–water partition coefficient (Wildman–Crippen LogP) is 4.37. The summed E-state index contributed by atoms with van der Waals surface area (Å²) in [6.07, 6.45) is 0.366. The van der Waals surface area contributed by atoms with Crippen LogP contribution in [0.1, 0.15) is 11.1 Å². The summed E-state index contributed by atoms with van der Waals surface area (Å²) in [6, 6.07) is 26.5. The zero-order chi connectivity index (χ0) is 19.9. The average molecular weight is 386 g/mol. The molecule has 0 aromatic heterocycles. The van der Waals surface area contributed by atoms with Gasteiger partial charge in [-0.1, -0.05) is 66.7 Å². The van der Waals surface area contributed by atoms with Gasteiger partial charge in [0.2, 0.25) is 5.91 Å². The van der Waals surface area contributed by atoms with Crippen molar-refractivity contribution in [1.29, 1.82) is 0 Å². The Labute approximate surface area is 172 Å². The summed E-state index contributed by atoms with van der Waals surface area (Å²) in [5.41, 5.74) is 5.43. The molecule has 0 radical (unpaired) electrons. The first-order valence-corrected chi connectivity index (χ1v) is 10.1. The molecule has 1 saturated heterocycles. The fraction of sp³-hybridized carbons (Fsp3) is 0.240. The Morgan fingerprint density at radius 1 is 0.793 bits per heavy atom. The number of morpholine rings is 1. The van der Waals surface area contributed by atoms with Gasteiger partial charge in [-0.05, 0) is 34.4 Å². The average Bonchev–Trinajstić information content (AvgIpc) is 2.77. The van der Waals surface area contributed by atoms with E-state index >= 15 is 0 Å². The number of benzene rings is 3. The van der Waals surface area contributed by atoms with Crippen LogP contribution in [0.2, 0.25) is 0 Å². The number of rotatable bonds is 6. The molecule has 4 rings (SSSR count). The predicted molar refractivity (Wildman–Crippen MR) is 117 cm³/mol. The summed E-state index contributed by atoms with van der Waals surface area (Å²) >= 11 is 0. The summed E-state index contributed by atoms with van der Waals surface area (Å²) in [4.78, 5) is 14.8. The van der Waals surface area contributed by atoms with E-state index in [0.717, 1.165) is 49.7 Å². The lowest BCUT2D eigenvalue weighted by atomic mass is 10.0. The van der Waals surface area contributed by atoms with Gasteiger partial charge in [-0.25, -0.2) is 0 Å². The lowest BCUT2D eigenvalue weighted by Crippen LogP contribution is -2.35. The van der Waals surface area contributed by atoms with E-state index in [1.165, 1.54) is 11.1 Å². The minimum atomic E-state index is -0.00149. The van der Waals surface area contributed by atoms with Crippen LogP contribution in [0, 0.1) is 0 Å². The Morgan fingerprint density at radius 3 is 2.10 bits per heavy atom. The molecule has 0 saturated carbocycles. The highest BCUT2D eigenvalue weighted by molar-refractivity contribution is 5.92. The van der Waals surface area contributed by atoms with E-state index in [9.17, 15) is 4.79 Å². The molecular weight excluding hydrogens is 360 g/mol. The maximum absolute atomic E-state index is 12.4. The van der Waals surface area contributed by atoms with Crippen LogP contribution in [0.15, 0.2) is 78.9 Å². The van der Waals surface area contributed by atoms with Gasteiger partial charge in [0, 0.05) is 25.3 Å². The number of carbonyl (C=O) groups is 1. The van der Waals surface area contributed by atoms with E-state index in [-0.39, 0.29) is 5.91 Å². The largest absolute Gasteiger partial charge is 0.379 e. The second-order valence-electron chi connectivity index (χ2n) is 7.37. The topological polar surface area (TPSA) is 41.6 Å². The fourth-order valence-corrected chi connectivity index (χ4v) is 3.55. The van der Waals surface area contributed by atoms with Crippen molar-refractivity contribution in [2.75, 3.05) is 31.6 Å². The normalized spacial score (nSPS) is 14.5.